The van der Waals surface area contributed by atoms with E-state index in [1.165, 1.54) is 11.3 Å². The van der Waals surface area contributed by atoms with E-state index in [4.69, 9.17) is 0 Å². The minimum atomic E-state index is -0.0554. The predicted molar refractivity (Wildman–Crippen MR) is 76.7 cm³/mol. The van der Waals surface area contributed by atoms with Crippen LogP contribution in [0.2, 0.25) is 0 Å². The molecule has 4 nitrogen and oxygen atoms in total. The van der Waals surface area contributed by atoms with E-state index in [-0.39, 0.29) is 5.56 Å². The largest absolute Gasteiger partial charge is 0.374 e. The van der Waals surface area contributed by atoms with Crippen molar-refractivity contribution in [3.05, 3.63) is 45.4 Å². The van der Waals surface area contributed by atoms with Crippen molar-refractivity contribution in [2.45, 2.75) is 20.3 Å². The second-order valence-corrected chi connectivity index (χ2v) is 5.14. The Hall–Kier alpha value is -2.10. The fraction of sp³-hybridized carbons (Fsp3) is 0.333. The molecule has 0 unspecified atom stereocenters. The predicted octanol–water partition coefficient (Wildman–Crippen LogP) is 2.05. The van der Waals surface area contributed by atoms with Crippen molar-refractivity contribution in [3.8, 4) is 11.4 Å². The number of nitrogens with one attached hydrogen (secondary N) is 1. The average molecular weight is 255 g/mol. The van der Waals surface area contributed by atoms with E-state index in [1.807, 2.05) is 13.0 Å². The van der Waals surface area contributed by atoms with Crippen molar-refractivity contribution < 1.29 is 0 Å². The van der Waals surface area contributed by atoms with Gasteiger partial charge < -0.3 is 9.88 Å². The van der Waals surface area contributed by atoms with E-state index in [2.05, 4.69) is 34.0 Å². The Balaban J connectivity index is 2.11. The van der Waals surface area contributed by atoms with Crippen LogP contribution in [0.3, 0.4) is 0 Å². The zero-order valence-electron chi connectivity index (χ0n) is 11.4. The van der Waals surface area contributed by atoms with Crippen molar-refractivity contribution in [1.29, 1.82) is 0 Å². The lowest BCUT2D eigenvalue weighted by Gasteiger charge is -2.12. The summed E-state index contributed by atoms with van der Waals surface area (Å²) in [4.78, 5) is 21.4. The summed E-state index contributed by atoms with van der Waals surface area (Å²) in [7, 11) is 2.10. The second-order valence-electron chi connectivity index (χ2n) is 5.14. The minimum Gasteiger partial charge on any atom is -0.374 e. The summed E-state index contributed by atoms with van der Waals surface area (Å²) < 4.78 is 0. The normalized spacial score (nSPS) is 13.7. The highest BCUT2D eigenvalue weighted by atomic mass is 16.1. The Bertz CT molecular complexity index is 703. The van der Waals surface area contributed by atoms with Crippen LogP contribution in [0.25, 0.3) is 11.4 Å². The first-order chi connectivity index (χ1) is 9.06. The molecule has 1 aromatic heterocycles. The summed E-state index contributed by atoms with van der Waals surface area (Å²) in [5.41, 5.74) is 4.99. The lowest BCUT2D eigenvalue weighted by atomic mass is 10.1. The maximum absolute atomic E-state index is 11.8. The summed E-state index contributed by atoms with van der Waals surface area (Å²) in [5, 5.41) is 0. The molecule has 0 saturated carbocycles. The van der Waals surface area contributed by atoms with Gasteiger partial charge in [0.05, 0.1) is 0 Å². The summed E-state index contributed by atoms with van der Waals surface area (Å²) in [6.45, 7) is 4.72. The number of aromatic amines is 1. The number of anilines is 1. The van der Waals surface area contributed by atoms with Gasteiger partial charge in [0.2, 0.25) is 0 Å². The third kappa shape index (κ3) is 1.93. The van der Waals surface area contributed by atoms with Gasteiger partial charge in [0, 0.05) is 36.1 Å². The number of hydrogen-bond acceptors (Lipinski definition) is 3. The molecule has 2 aromatic rings. The average Bonchev–Trinajstić information content (AvgIpc) is 2.76. The van der Waals surface area contributed by atoms with Gasteiger partial charge in [0.1, 0.15) is 5.82 Å². The molecule has 0 atom stereocenters. The highest BCUT2D eigenvalue weighted by molar-refractivity contribution is 5.66. The van der Waals surface area contributed by atoms with Gasteiger partial charge in [-0.2, -0.15) is 0 Å². The van der Waals surface area contributed by atoms with Gasteiger partial charge in [0.15, 0.2) is 0 Å². The lowest BCUT2D eigenvalue weighted by molar-refractivity contribution is 0.956. The van der Waals surface area contributed by atoms with Crippen molar-refractivity contribution in [1.82, 2.24) is 9.97 Å². The van der Waals surface area contributed by atoms with E-state index >= 15 is 0 Å². The van der Waals surface area contributed by atoms with Gasteiger partial charge in [0.25, 0.3) is 5.56 Å². The Morgan fingerprint density at radius 2 is 2.11 bits per heavy atom. The smallest absolute Gasteiger partial charge is 0.254 e. The van der Waals surface area contributed by atoms with E-state index in [0.29, 0.717) is 11.4 Å². The van der Waals surface area contributed by atoms with E-state index < -0.39 is 0 Å². The van der Waals surface area contributed by atoms with Crippen LogP contribution >= 0.6 is 0 Å². The first-order valence-electron chi connectivity index (χ1n) is 6.48. The maximum atomic E-state index is 11.8. The fourth-order valence-electron chi connectivity index (χ4n) is 2.50. The molecule has 4 heteroatoms. The fourth-order valence-corrected chi connectivity index (χ4v) is 2.50. The summed E-state index contributed by atoms with van der Waals surface area (Å²) in [6.07, 6.45) is 1.05. The van der Waals surface area contributed by atoms with Crippen molar-refractivity contribution >= 4 is 5.69 Å². The number of rotatable bonds is 1. The molecule has 1 N–H and O–H groups in total. The lowest BCUT2D eigenvalue weighted by Crippen LogP contribution is -2.14. The molecule has 0 spiro atoms. The number of H-pyrrole nitrogens is 1. The van der Waals surface area contributed by atoms with Gasteiger partial charge in [-0.05, 0) is 44.0 Å². The van der Waals surface area contributed by atoms with Crippen molar-refractivity contribution in [3.63, 3.8) is 0 Å². The molecule has 0 radical (unpaired) electrons. The first-order valence-corrected chi connectivity index (χ1v) is 6.48. The number of hydrogen-bond donors (Lipinski definition) is 1. The minimum absolute atomic E-state index is 0.0554. The van der Waals surface area contributed by atoms with Crippen LogP contribution in [-0.2, 0) is 6.42 Å². The molecule has 2 heterocycles. The SMILES string of the molecule is Cc1nc(-c2ccc3c(c2)CCN3C)[nH]c(=O)c1C. The molecule has 0 saturated heterocycles. The molecule has 1 aliphatic rings. The highest BCUT2D eigenvalue weighted by Gasteiger charge is 2.16. The second kappa shape index (κ2) is 4.23. The number of benzene rings is 1. The van der Waals surface area contributed by atoms with Gasteiger partial charge in [-0.3, -0.25) is 4.79 Å². The molecule has 98 valence electrons. The van der Waals surface area contributed by atoms with Gasteiger partial charge in [-0.25, -0.2) is 4.98 Å². The summed E-state index contributed by atoms with van der Waals surface area (Å²) in [6, 6.07) is 6.26. The number of aryl methyl sites for hydroxylation is 1. The Labute approximate surface area is 112 Å². The molecule has 0 aliphatic carbocycles. The van der Waals surface area contributed by atoms with Crippen molar-refractivity contribution in [2.24, 2.45) is 0 Å². The molecular weight excluding hydrogens is 238 g/mol. The zero-order chi connectivity index (χ0) is 13.6. The number of fused-ring (bicyclic) bond motifs is 1. The van der Waals surface area contributed by atoms with Crippen LogP contribution in [0.5, 0.6) is 0 Å². The van der Waals surface area contributed by atoms with Crippen LogP contribution in [0, 0.1) is 13.8 Å². The Morgan fingerprint density at radius 1 is 1.32 bits per heavy atom. The number of nitrogens with zero attached hydrogens (tertiary/aromatic N) is 2. The third-order valence-electron chi connectivity index (χ3n) is 3.88. The van der Waals surface area contributed by atoms with Crippen LogP contribution in [0.4, 0.5) is 5.69 Å². The van der Waals surface area contributed by atoms with Gasteiger partial charge in [-0.15, -0.1) is 0 Å². The monoisotopic (exact) mass is 255 g/mol. The quantitative estimate of drug-likeness (QED) is 0.848. The summed E-state index contributed by atoms with van der Waals surface area (Å²) in [5.74, 6) is 0.658. The van der Waals surface area contributed by atoms with Gasteiger partial charge in [-0.1, -0.05) is 0 Å². The molecule has 0 fully saturated rings. The molecule has 0 amide bonds. The standard InChI is InChI=1S/C15H17N3O/c1-9-10(2)16-14(17-15(9)19)12-4-5-13-11(8-12)6-7-18(13)3/h4-5,8H,6-7H2,1-3H3,(H,16,17,19). The van der Waals surface area contributed by atoms with Crippen LogP contribution < -0.4 is 10.5 Å². The molecule has 19 heavy (non-hydrogen) atoms. The Morgan fingerprint density at radius 3 is 2.84 bits per heavy atom. The third-order valence-corrected chi connectivity index (χ3v) is 3.88. The topological polar surface area (TPSA) is 49.0 Å². The Kier molecular flexibility index (Phi) is 2.66. The van der Waals surface area contributed by atoms with Crippen LogP contribution in [-0.4, -0.2) is 23.6 Å². The number of aromatic nitrogens is 2. The van der Waals surface area contributed by atoms with Gasteiger partial charge >= 0.3 is 0 Å². The molecule has 3 rings (SSSR count). The van der Waals surface area contributed by atoms with E-state index in [0.717, 1.165) is 24.2 Å². The molecular formula is C15H17N3O. The van der Waals surface area contributed by atoms with Crippen molar-refractivity contribution in [2.75, 3.05) is 18.5 Å². The zero-order valence-corrected chi connectivity index (χ0v) is 11.4. The summed E-state index contributed by atoms with van der Waals surface area (Å²) >= 11 is 0. The maximum Gasteiger partial charge on any atom is 0.254 e. The van der Waals surface area contributed by atoms with E-state index in [1.54, 1.807) is 6.92 Å². The molecule has 1 aliphatic heterocycles. The van der Waals surface area contributed by atoms with Crippen LogP contribution in [0.15, 0.2) is 23.0 Å². The first kappa shape index (κ1) is 12.0. The number of likely N-dealkylation sites (N-methyl/N-ethyl adjacent to an activating group) is 1. The highest BCUT2D eigenvalue weighted by Crippen LogP contribution is 2.30. The van der Waals surface area contributed by atoms with E-state index in [9.17, 15) is 4.79 Å². The molecule has 0 bridgehead atoms. The molecule has 1 aromatic carbocycles. The van der Waals surface area contributed by atoms with Crippen LogP contribution in [0.1, 0.15) is 16.8 Å².